The lowest BCUT2D eigenvalue weighted by atomic mass is 10.1. The fourth-order valence-corrected chi connectivity index (χ4v) is 3.70. The second-order valence-electron chi connectivity index (χ2n) is 7.63. The Labute approximate surface area is 185 Å². The fourth-order valence-electron chi connectivity index (χ4n) is 3.70. The first-order valence-corrected chi connectivity index (χ1v) is 10.4. The van der Waals surface area contributed by atoms with Gasteiger partial charge in [-0.3, -0.25) is 4.79 Å². The van der Waals surface area contributed by atoms with Crippen LogP contribution in [0.3, 0.4) is 0 Å². The Bertz CT molecular complexity index is 1360. The average molecular weight is 422 g/mol. The summed E-state index contributed by atoms with van der Waals surface area (Å²) in [7, 11) is 1.80. The van der Waals surface area contributed by atoms with Gasteiger partial charge in [-0.15, -0.1) is 5.10 Å². The van der Waals surface area contributed by atoms with Gasteiger partial charge in [0.2, 0.25) is 5.91 Å². The van der Waals surface area contributed by atoms with E-state index in [1.165, 1.54) is 0 Å². The summed E-state index contributed by atoms with van der Waals surface area (Å²) in [4.78, 5) is 14.7. The van der Waals surface area contributed by atoms with E-state index in [0.717, 1.165) is 33.5 Å². The number of likely N-dealkylation sites (N-methyl/N-ethyl adjacent to an activating group) is 1. The summed E-state index contributed by atoms with van der Waals surface area (Å²) in [6.45, 7) is 0.563. The second-order valence-corrected chi connectivity index (χ2v) is 7.63. The molecule has 0 aliphatic rings. The third kappa shape index (κ3) is 3.88. The topological polar surface area (TPSA) is 68.8 Å². The van der Waals surface area contributed by atoms with E-state index in [2.05, 4.69) is 10.3 Å². The van der Waals surface area contributed by atoms with Crippen LogP contribution in [0.5, 0.6) is 0 Å². The lowest BCUT2D eigenvalue weighted by Gasteiger charge is -2.17. The zero-order chi connectivity index (χ0) is 21.9. The van der Waals surface area contributed by atoms with Crippen molar-refractivity contribution in [3.63, 3.8) is 0 Å². The molecule has 5 aromatic rings. The molecule has 2 aromatic heterocycles. The monoisotopic (exact) mass is 422 g/mol. The minimum Gasteiger partial charge on any atom is -0.340 e. The van der Waals surface area contributed by atoms with Crippen molar-refractivity contribution in [2.75, 3.05) is 7.05 Å². The third-order valence-corrected chi connectivity index (χ3v) is 5.40. The van der Waals surface area contributed by atoms with Gasteiger partial charge in [0, 0.05) is 30.9 Å². The van der Waals surface area contributed by atoms with Gasteiger partial charge in [0.1, 0.15) is 12.1 Å². The van der Waals surface area contributed by atoms with E-state index in [1.807, 2.05) is 95.8 Å². The highest BCUT2D eigenvalue weighted by Crippen LogP contribution is 2.25. The molecule has 0 fully saturated rings. The van der Waals surface area contributed by atoms with Crippen LogP contribution < -0.4 is 0 Å². The normalized spacial score (nSPS) is 11.0. The van der Waals surface area contributed by atoms with Gasteiger partial charge in [-0.25, -0.2) is 9.36 Å². The lowest BCUT2D eigenvalue weighted by molar-refractivity contribution is -0.131. The molecule has 0 atom stereocenters. The molecule has 0 N–H and O–H groups in total. The highest BCUT2D eigenvalue weighted by Gasteiger charge is 2.18. The number of amides is 1. The summed E-state index contributed by atoms with van der Waals surface area (Å²) in [6, 6.07) is 27.6. The van der Waals surface area contributed by atoms with Crippen LogP contribution in [0.25, 0.3) is 28.0 Å². The van der Waals surface area contributed by atoms with Crippen molar-refractivity contribution in [3.8, 4) is 16.9 Å². The molecule has 32 heavy (non-hydrogen) atoms. The number of aromatic nitrogens is 5. The van der Waals surface area contributed by atoms with E-state index in [1.54, 1.807) is 16.6 Å². The lowest BCUT2D eigenvalue weighted by Crippen LogP contribution is -2.30. The maximum absolute atomic E-state index is 13.0. The van der Waals surface area contributed by atoms with Gasteiger partial charge in [-0.2, -0.15) is 5.10 Å². The van der Waals surface area contributed by atoms with E-state index in [4.69, 9.17) is 5.10 Å². The van der Waals surface area contributed by atoms with Crippen LogP contribution in [-0.2, 0) is 17.9 Å². The summed E-state index contributed by atoms with van der Waals surface area (Å²) in [5.41, 5.74) is 5.44. The summed E-state index contributed by atoms with van der Waals surface area (Å²) < 4.78 is 3.50. The van der Waals surface area contributed by atoms with Crippen molar-refractivity contribution in [2.24, 2.45) is 0 Å². The first-order chi connectivity index (χ1) is 15.7. The first-order valence-electron chi connectivity index (χ1n) is 10.4. The SMILES string of the molecule is CN(Cc1cn(-c2ccccc2)nc1-c1ccccc1)C(=O)Cn1nnc2ccccc21. The maximum atomic E-state index is 13.0. The maximum Gasteiger partial charge on any atom is 0.244 e. The summed E-state index contributed by atoms with van der Waals surface area (Å²) in [6.07, 6.45) is 1.99. The Kier molecular flexibility index (Phi) is 5.21. The van der Waals surface area contributed by atoms with Crippen LogP contribution in [0.2, 0.25) is 0 Å². The Morgan fingerprint density at radius 2 is 1.59 bits per heavy atom. The minimum absolute atomic E-state index is 0.0490. The molecule has 0 aliphatic carbocycles. The first kappa shape index (κ1) is 19.7. The van der Waals surface area contributed by atoms with Gasteiger partial charge in [0.15, 0.2) is 0 Å². The smallest absolute Gasteiger partial charge is 0.244 e. The molecule has 0 saturated carbocycles. The van der Waals surface area contributed by atoms with Crippen molar-refractivity contribution < 1.29 is 4.79 Å². The standard InChI is InChI=1S/C25H22N6O/c1-29(24(32)18-31-23-15-9-8-14-22(23)26-28-31)16-20-17-30(21-12-6-3-7-13-21)27-25(20)19-10-4-2-5-11-19/h2-15,17H,16,18H2,1H3. The molecule has 0 unspecified atom stereocenters. The fraction of sp³-hybridized carbons (Fsp3) is 0.120. The number of nitrogens with zero attached hydrogens (tertiary/aromatic N) is 6. The van der Waals surface area contributed by atoms with Gasteiger partial charge >= 0.3 is 0 Å². The minimum atomic E-state index is -0.0490. The van der Waals surface area contributed by atoms with Gasteiger partial charge < -0.3 is 4.90 Å². The third-order valence-electron chi connectivity index (χ3n) is 5.40. The van der Waals surface area contributed by atoms with Gasteiger partial charge in [0.05, 0.1) is 16.9 Å². The molecule has 0 bridgehead atoms. The number of carbonyl (C=O) groups is 1. The largest absolute Gasteiger partial charge is 0.340 e. The molecule has 1 amide bonds. The molecular weight excluding hydrogens is 400 g/mol. The van der Waals surface area contributed by atoms with Crippen molar-refractivity contribution in [3.05, 3.63) is 96.7 Å². The van der Waals surface area contributed by atoms with E-state index in [9.17, 15) is 4.79 Å². The van der Waals surface area contributed by atoms with Crippen LogP contribution in [0.1, 0.15) is 5.56 Å². The Morgan fingerprint density at radius 3 is 2.38 bits per heavy atom. The number of fused-ring (bicyclic) bond motifs is 1. The van der Waals surface area contributed by atoms with Crippen molar-refractivity contribution in [1.82, 2.24) is 29.7 Å². The molecule has 7 heteroatoms. The molecule has 0 spiro atoms. The second kappa shape index (κ2) is 8.47. The molecule has 2 heterocycles. The molecule has 3 aromatic carbocycles. The zero-order valence-corrected chi connectivity index (χ0v) is 17.7. The molecular formula is C25H22N6O. The van der Waals surface area contributed by atoms with Crippen LogP contribution in [0, 0.1) is 0 Å². The molecule has 0 saturated heterocycles. The van der Waals surface area contributed by atoms with Crippen LogP contribution >= 0.6 is 0 Å². The number of carbonyl (C=O) groups excluding carboxylic acids is 1. The number of para-hydroxylation sites is 2. The zero-order valence-electron chi connectivity index (χ0n) is 17.7. The number of hydrogen-bond acceptors (Lipinski definition) is 4. The number of rotatable bonds is 6. The molecule has 5 rings (SSSR count). The quantitative estimate of drug-likeness (QED) is 0.416. The van der Waals surface area contributed by atoms with Crippen molar-refractivity contribution >= 4 is 16.9 Å². The van der Waals surface area contributed by atoms with E-state index >= 15 is 0 Å². The van der Waals surface area contributed by atoms with Crippen LogP contribution in [0.15, 0.2) is 91.1 Å². The summed E-state index contributed by atoms with van der Waals surface area (Å²) in [5.74, 6) is -0.0490. The molecule has 7 nitrogen and oxygen atoms in total. The van der Waals surface area contributed by atoms with Crippen molar-refractivity contribution in [1.29, 1.82) is 0 Å². The highest BCUT2D eigenvalue weighted by molar-refractivity contribution is 5.80. The molecule has 0 radical (unpaired) electrons. The number of benzene rings is 3. The predicted octanol–water partition coefficient (Wildman–Crippen LogP) is 3.94. The Morgan fingerprint density at radius 1 is 0.906 bits per heavy atom. The summed E-state index contributed by atoms with van der Waals surface area (Å²) >= 11 is 0. The molecule has 0 aliphatic heterocycles. The van der Waals surface area contributed by atoms with Gasteiger partial charge in [-0.1, -0.05) is 65.9 Å². The Balaban J connectivity index is 1.42. The van der Waals surface area contributed by atoms with E-state index in [-0.39, 0.29) is 12.5 Å². The van der Waals surface area contributed by atoms with E-state index in [0.29, 0.717) is 6.54 Å². The highest BCUT2D eigenvalue weighted by atomic mass is 16.2. The molecule has 158 valence electrons. The average Bonchev–Trinajstić information content (AvgIpc) is 3.45. The Hall–Kier alpha value is -4.26. The van der Waals surface area contributed by atoms with E-state index < -0.39 is 0 Å². The summed E-state index contributed by atoms with van der Waals surface area (Å²) in [5, 5.41) is 13.1. The van der Waals surface area contributed by atoms with Gasteiger partial charge in [-0.05, 0) is 24.3 Å². The van der Waals surface area contributed by atoms with Crippen LogP contribution in [0.4, 0.5) is 0 Å². The number of hydrogen-bond donors (Lipinski definition) is 0. The van der Waals surface area contributed by atoms with Gasteiger partial charge in [0.25, 0.3) is 0 Å². The van der Waals surface area contributed by atoms with Crippen LogP contribution in [-0.4, -0.2) is 42.6 Å². The predicted molar refractivity (Wildman–Crippen MR) is 123 cm³/mol. The van der Waals surface area contributed by atoms with Crippen molar-refractivity contribution in [2.45, 2.75) is 13.1 Å².